The molecular formula is C20H19ClFN3O2. The van der Waals surface area contributed by atoms with Gasteiger partial charge in [0.2, 0.25) is 0 Å². The van der Waals surface area contributed by atoms with E-state index in [1.807, 2.05) is 6.92 Å². The van der Waals surface area contributed by atoms with Gasteiger partial charge >= 0.3 is 0 Å². The van der Waals surface area contributed by atoms with Gasteiger partial charge in [-0.2, -0.15) is 0 Å². The number of halogens is 2. The molecule has 3 aromatic rings. The maximum atomic E-state index is 13.8. The Morgan fingerprint density at radius 1 is 1.26 bits per heavy atom. The van der Waals surface area contributed by atoms with Gasteiger partial charge in [0.15, 0.2) is 0 Å². The summed E-state index contributed by atoms with van der Waals surface area (Å²) < 4.78 is 13.8. The third-order valence-electron chi connectivity index (χ3n) is 4.26. The fraction of sp³-hybridized carbons (Fsp3) is 0.250. The monoisotopic (exact) mass is 387 g/mol. The number of carbonyl (C=O) groups is 1. The van der Waals surface area contributed by atoms with Gasteiger partial charge in [-0.3, -0.25) is 9.59 Å². The van der Waals surface area contributed by atoms with Crippen molar-refractivity contribution in [2.75, 3.05) is 6.54 Å². The van der Waals surface area contributed by atoms with Crippen LogP contribution in [0.2, 0.25) is 5.02 Å². The largest absolute Gasteiger partial charge is 0.331 e. The third kappa shape index (κ3) is 4.17. The molecule has 1 heterocycles. The summed E-state index contributed by atoms with van der Waals surface area (Å²) in [5.41, 5.74) is 0.909. The Balaban J connectivity index is 1.94. The highest BCUT2D eigenvalue weighted by Gasteiger charge is 2.18. The van der Waals surface area contributed by atoms with Gasteiger partial charge in [0, 0.05) is 17.1 Å². The number of aromatic amines is 1. The summed E-state index contributed by atoms with van der Waals surface area (Å²) in [5.74, 6) is -0.391. The molecule has 0 aliphatic rings. The minimum Gasteiger partial charge on any atom is -0.331 e. The van der Waals surface area contributed by atoms with Gasteiger partial charge in [0.05, 0.1) is 17.4 Å². The van der Waals surface area contributed by atoms with Gasteiger partial charge in [-0.15, -0.1) is 0 Å². The number of nitrogens with zero attached hydrogens (tertiary/aromatic N) is 2. The summed E-state index contributed by atoms with van der Waals surface area (Å²) >= 11 is 5.98. The van der Waals surface area contributed by atoms with Crippen molar-refractivity contribution in [2.45, 2.75) is 26.8 Å². The first-order valence-electron chi connectivity index (χ1n) is 8.63. The number of benzene rings is 2. The van der Waals surface area contributed by atoms with Crippen LogP contribution in [-0.2, 0) is 6.54 Å². The first kappa shape index (κ1) is 19.0. The average molecular weight is 388 g/mol. The van der Waals surface area contributed by atoms with Gasteiger partial charge in [-0.25, -0.2) is 9.37 Å². The Kier molecular flexibility index (Phi) is 5.56. The predicted octanol–water partition coefficient (Wildman–Crippen LogP) is 4.08. The Hall–Kier alpha value is -2.73. The number of amides is 1. The molecule has 0 aliphatic heterocycles. The summed E-state index contributed by atoms with van der Waals surface area (Å²) in [6.07, 6.45) is 0.712. The highest BCUT2D eigenvalue weighted by molar-refractivity contribution is 6.31. The van der Waals surface area contributed by atoms with E-state index in [-0.39, 0.29) is 23.6 Å². The van der Waals surface area contributed by atoms with Gasteiger partial charge in [-0.05, 0) is 49.2 Å². The molecule has 0 aliphatic carbocycles. The molecule has 2 aromatic carbocycles. The number of hydrogen-bond donors (Lipinski definition) is 1. The van der Waals surface area contributed by atoms with Crippen molar-refractivity contribution >= 4 is 28.4 Å². The van der Waals surface area contributed by atoms with E-state index in [0.29, 0.717) is 40.3 Å². The van der Waals surface area contributed by atoms with E-state index in [9.17, 15) is 14.0 Å². The van der Waals surface area contributed by atoms with Crippen molar-refractivity contribution in [1.82, 2.24) is 14.9 Å². The molecule has 7 heteroatoms. The SMILES string of the molecule is CCCN(Cc1nc2cc(Cl)ccc2c(=O)[nH]1)C(=O)c1ccc(C)c(F)c1. The maximum Gasteiger partial charge on any atom is 0.258 e. The van der Waals surface area contributed by atoms with Gasteiger partial charge < -0.3 is 9.88 Å². The zero-order chi connectivity index (χ0) is 19.6. The number of hydrogen-bond acceptors (Lipinski definition) is 3. The number of rotatable bonds is 5. The van der Waals surface area contributed by atoms with Crippen LogP contribution < -0.4 is 5.56 Å². The summed E-state index contributed by atoms with van der Waals surface area (Å²) in [4.78, 5) is 33.8. The molecule has 0 saturated carbocycles. The van der Waals surface area contributed by atoms with E-state index in [1.165, 1.54) is 6.07 Å². The van der Waals surface area contributed by atoms with E-state index in [2.05, 4.69) is 9.97 Å². The van der Waals surface area contributed by atoms with Crippen LogP contribution in [0.15, 0.2) is 41.2 Å². The second kappa shape index (κ2) is 7.88. The first-order valence-corrected chi connectivity index (χ1v) is 9.00. The van der Waals surface area contributed by atoms with Crippen molar-refractivity contribution in [3.63, 3.8) is 0 Å². The first-order chi connectivity index (χ1) is 12.9. The molecular weight excluding hydrogens is 369 g/mol. The minimum atomic E-state index is -0.427. The summed E-state index contributed by atoms with van der Waals surface area (Å²) in [5, 5.41) is 0.903. The molecule has 0 unspecified atom stereocenters. The molecule has 0 saturated heterocycles. The van der Waals surface area contributed by atoms with E-state index >= 15 is 0 Å². The fourth-order valence-electron chi connectivity index (χ4n) is 2.85. The van der Waals surface area contributed by atoms with Crippen LogP contribution in [0.4, 0.5) is 4.39 Å². The molecule has 140 valence electrons. The van der Waals surface area contributed by atoms with Crippen molar-refractivity contribution in [1.29, 1.82) is 0 Å². The van der Waals surface area contributed by atoms with Gasteiger partial charge in [0.25, 0.3) is 11.5 Å². The molecule has 5 nitrogen and oxygen atoms in total. The third-order valence-corrected chi connectivity index (χ3v) is 4.49. The van der Waals surface area contributed by atoms with E-state index in [4.69, 9.17) is 11.6 Å². The number of nitrogens with one attached hydrogen (secondary N) is 1. The summed E-state index contributed by atoms with van der Waals surface area (Å²) in [7, 11) is 0. The maximum absolute atomic E-state index is 13.8. The van der Waals surface area contributed by atoms with Crippen LogP contribution in [0.3, 0.4) is 0 Å². The lowest BCUT2D eigenvalue weighted by Gasteiger charge is -2.22. The normalized spacial score (nSPS) is 11.0. The van der Waals surface area contributed by atoms with Crippen LogP contribution in [-0.4, -0.2) is 27.3 Å². The smallest absolute Gasteiger partial charge is 0.258 e. The van der Waals surface area contributed by atoms with Crippen molar-refractivity contribution in [3.8, 4) is 0 Å². The molecule has 0 radical (unpaired) electrons. The number of carbonyl (C=O) groups excluding carboxylic acids is 1. The Morgan fingerprint density at radius 2 is 2.04 bits per heavy atom. The number of H-pyrrole nitrogens is 1. The highest BCUT2D eigenvalue weighted by atomic mass is 35.5. The number of aromatic nitrogens is 2. The Bertz CT molecular complexity index is 1060. The number of fused-ring (bicyclic) bond motifs is 1. The lowest BCUT2D eigenvalue weighted by molar-refractivity contribution is 0.0738. The minimum absolute atomic E-state index is 0.111. The molecule has 0 bridgehead atoms. The predicted molar refractivity (Wildman–Crippen MR) is 104 cm³/mol. The van der Waals surface area contributed by atoms with Crippen LogP contribution in [0.25, 0.3) is 10.9 Å². The van der Waals surface area contributed by atoms with E-state index in [1.54, 1.807) is 42.2 Å². The van der Waals surface area contributed by atoms with Crippen LogP contribution in [0.5, 0.6) is 0 Å². The molecule has 1 N–H and O–H groups in total. The average Bonchev–Trinajstić information content (AvgIpc) is 2.62. The Morgan fingerprint density at radius 3 is 2.74 bits per heavy atom. The molecule has 0 atom stereocenters. The molecule has 0 spiro atoms. The molecule has 1 amide bonds. The number of aryl methyl sites for hydroxylation is 1. The van der Waals surface area contributed by atoms with Gasteiger partial charge in [-0.1, -0.05) is 24.6 Å². The lowest BCUT2D eigenvalue weighted by Crippen LogP contribution is -2.33. The fourth-order valence-corrected chi connectivity index (χ4v) is 3.01. The second-order valence-corrected chi connectivity index (χ2v) is 6.80. The summed E-state index contributed by atoms with van der Waals surface area (Å²) in [6, 6.07) is 9.24. The van der Waals surface area contributed by atoms with E-state index < -0.39 is 5.82 Å². The molecule has 1 aromatic heterocycles. The quantitative estimate of drug-likeness (QED) is 0.717. The van der Waals surface area contributed by atoms with Crippen molar-refractivity contribution < 1.29 is 9.18 Å². The zero-order valence-electron chi connectivity index (χ0n) is 15.1. The van der Waals surface area contributed by atoms with Gasteiger partial charge in [0.1, 0.15) is 11.6 Å². The van der Waals surface area contributed by atoms with E-state index in [0.717, 1.165) is 0 Å². The highest BCUT2D eigenvalue weighted by Crippen LogP contribution is 2.16. The second-order valence-electron chi connectivity index (χ2n) is 6.36. The van der Waals surface area contributed by atoms with Crippen LogP contribution in [0.1, 0.15) is 35.1 Å². The molecule has 27 heavy (non-hydrogen) atoms. The van der Waals surface area contributed by atoms with Crippen LogP contribution in [0, 0.1) is 12.7 Å². The van der Waals surface area contributed by atoms with Crippen molar-refractivity contribution in [2.24, 2.45) is 0 Å². The summed E-state index contributed by atoms with van der Waals surface area (Å²) in [6.45, 7) is 4.14. The van der Waals surface area contributed by atoms with Crippen LogP contribution >= 0.6 is 11.6 Å². The topological polar surface area (TPSA) is 66.1 Å². The lowest BCUT2D eigenvalue weighted by atomic mass is 10.1. The molecule has 0 fully saturated rings. The Labute approximate surface area is 160 Å². The van der Waals surface area contributed by atoms with Crippen molar-refractivity contribution in [3.05, 3.63) is 74.5 Å². The zero-order valence-corrected chi connectivity index (χ0v) is 15.8. The molecule has 3 rings (SSSR count). The standard InChI is InChI=1S/C20H19ClFN3O2/c1-3-8-25(20(27)13-5-4-12(2)16(22)9-13)11-18-23-17-10-14(21)6-7-15(17)19(26)24-18/h4-7,9-10H,3,8,11H2,1-2H3,(H,23,24,26).